The van der Waals surface area contributed by atoms with Crippen molar-refractivity contribution in [3.8, 4) is 0 Å². The first kappa shape index (κ1) is 25.3. The van der Waals surface area contributed by atoms with Crippen LogP contribution in [0, 0.1) is 0 Å². The zero-order valence-corrected chi connectivity index (χ0v) is 20.8. The van der Waals surface area contributed by atoms with Crippen LogP contribution in [-0.2, 0) is 22.2 Å². The van der Waals surface area contributed by atoms with E-state index in [9.17, 15) is 13.5 Å². The number of rotatable bonds is 7. The molecule has 3 rings (SSSR count). The molecule has 0 aromatic heterocycles. The Bertz CT molecular complexity index is 1010. The Balaban J connectivity index is 0.00000320. The lowest BCUT2D eigenvalue weighted by atomic mass is 9.99. The molecule has 10 heteroatoms. The van der Waals surface area contributed by atoms with Gasteiger partial charge in [-0.15, -0.1) is 0 Å². The van der Waals surface area contributed by atoms with Crippen molar-refractivity contribution in [2.24, 2.45) is 9.63 Å². The topological polar surface area (TPSA) is 79.1 Å². The predicted octanol–water partition coefficient (Wildman–Crippen LogP) is 1.04. The summed E-state index contributed by atoms with van der Waals surface area (Å²) >= 11 is 7.81. The van der Waals surface area contributed by atoms with E-state index < -0.39 is 15.7 Å². The SMILES string of the molecule is CC[N+]1(CCc2ccccc2)CSCC1(O)c1ccc(Cl)c(S(=O)(=O)N=NC)c1.[Br-]. The highest BCUT2D eigenvalue weighted by Gasteiger charge is 2.55. The van der Waals surface area contributed by atoms with E-state index in [1.807, 2.05) is 18.2 Å². The van der Waals surface area contributed by atoms with Crippen LogP contribution < -0.4 is 17.0 Å². The third-order valence-electron chi connectivity index (χ3n) is 5.56. The zero-order valence-electron chi connectivity index (χ0n) is 16.8. The van der Waals surface area contributed by atoms with Gasteiger partial charge >= 0.3 is 10.0 Å². The van der Waals surface area contributed by atoms with Crippen LogP contribution >= 0.6 is 23.4 Å². The summed E-state index contributed by atoms with van der Waals surface area (Å²) in [4.78, 5) is -0.134. The summed E-state index contributed by atoms with van der Waals surface area (Å²) in [5.41, 5.74) is 0.527. The summed E-state index contributed by atoms with van der Waals surface area (Å²) in [5, 5.41) is 15.3. The van der Waals surface area contributed by atoms with Crippen molar-refractivity contribution < 1.29 is 35.0 Å². The molecule has 2 aromatic rings. The molecule has 30 heavy (non-hydrogen) atoms. The number of halogens is 2. The fraction of sp³-hybridized carbons (Fsp3) is 0.400. The number of nitrogens with zero attached hydrogens (tertiary/aromatic N) is 3. The fourth-order valence-electron chi connectivity index (χ4n) is 3.81. The van der Waals surface area contributed by atoms with Crippen LogP contribution in [0.15, 0.2) is 63.1 Å². The summed E-state index contributed by atoms with van der Waals surface area (Å²) in [6, 6.07) is 14.8. The van der Waals surface area contributed by atoms with Gasteiger partial charge in [0.15, 0.2) is 0 Å². The number of likely N-dealkylation sites (N-methyl/N-ethyl adjacent to an activating group) is 1. The Morgan fingerprint density at radius 2 is 1.93 bits per heavy atom. The molecule has 1 aliphatic heterocycles. The maximum Gasteiger partial charge on any atom is 0.300 e. The Morgan fingerprint density at radius 3 is 2.57 bits per heavy atom. The van der Waals surface area contributed by atoms with Crippen molar-refractivity contribution >= 4 is 33.4 Å². The van der Waals surface area contributed by atoms with Gasteiger partial charge in [0.05, 0.1) is 23.9 Å². The zero-order chi connectivity index (χ0) is 21.1. The second-order valence-electron chi connectivity index (χ2n) is 7.12. The minimum atomic E-state index is -4.02. The number of hydrogen-bond acceptors (Lipinski definition) is 5. The van der Waals surface area contributed by atoms with Crippen LogP contribution in [-0.4, -0.2) is 49.8 Å². The third-order valence-corrected chi connectivity index (χ3v) is 8.56. The normalized spacial score (nSPS) is 24.1. The first-order valence-electron chi connectivity index (χ1n) is 9.34. The molecule has 2 aromatic carbocycles. The van der Waals surface area contributed by atoms with Gasteiger partial charge in [0, 0.05) is 19.0 Å². The van der Waals surface area contributed by atoms with E-state index in [2.05, 4.69) is 28.7 Å². The molecule has 6 nitrogen and oxygen atoms in total. The number of aliphatic hydroxyl groups is 1. The van der Waals surface area contributed by atoms with Crippen LogP contribution in [0.4, 0.5) is 0 Å². The van der Waals surface area contributed by atoms with Crippen LogP contribution in [0.2, 0.25) is 5.02 Å². The summed E-state index contributed by atoms with van der Waals surface area (Å²) in [6.45, 7) is 3.51. The standard InChI is InChI=1S/C20H25ClN3O3S2.BrH/c1-3-24(12-11-16-7-5-4-6-8-16)15-28-14-20(24,25)17-9-10-18(21)19(13-17)29(26,27)23-22-2;/h4-10,13,25H,3,11-12,14-15H2,1-2H3;1H/q+1;/p-1. The second kappa shape index (κ2) is 10.1. The lowest BCUT2D eigenvalue weighted by molar-refractivity contribution is -0.988. The lowest BCUT2D eigenvalue weighted by Gasteiger charge is -2.44. The maximum atomic E-state index is 12.4. The summed E-state index contributed by atoms with van der Waals surface area (Å²) in [7, 11) is -2.73. The van der Waals surface area contributed by atoms with Gasteiger partial charge in [-0.25, -0.2) is 0 Å². The summed E-state index contributed by atoms with van der Waals surface area (Å²) in [5.74, 6) is 1.23. The van der Waals surface area contributed by atoms with Gasteiger partial charge in [0.2, 0.25) is 5.72 Å². The van der Waals surface area contributed by atoms with E-state index in [1.54, 1.807) is 17.8 Å². The van der Waals surface area contributed by atoms with Crippen molar-refractivity contribution in [3.05, 3.63) is 64.7 Å². The molecule has 1 fully saturated rings. The molecular weight excluding hydrogens is 510 g/mol. The molecule has 0 aliphatic carbocycles. The average Bonchev–Trinajstić information content (AvgIpc) is 3.05. The molecule has 0 spiro atoms. The molecule has 164 valence electrons. The van der Waals surface area contributed by atoms with E-state index in [0.717, 1.165) is 25.4 Å². The van der Waals surface area contributed by atoms with Crippen LogP contribution in [0.3, 0.4) is 0 Å². The lowest BCUT2D eigenvalue weighted by Crippen LogP contribution is -3.00. The number of thioether (sulfide) groups is 1. The number of quaternary nitrogens is 1. The van der Waals surface area contributed by atoms with Gasteiger partial charge in [-0.05, 0) is 30.7 Å². The van der Waals surface area contributed by atoms with E-state index in [0.29, 0.717) is 15.8 Å². The monoisotopic (exact) mass is 533 g/mol. The molecule has 1 aliphatic rings. The Morgan fingerprint density at radius 1 is 1.23 bits per heavy atom. The van der Waals surface area contributed by atoms with Gasteiger partial charge < -0.3 is 22.1 Å². The highest BCUT2D eigenvalue weighted by atomic mass is 79.9. The van der Waals surface area contributed by atoms with Gasteiger partial charge in [-0.3, -0.25) is 4.48 Å². The largest absolute Gasteiger partial charge is 1.00 e. The molecule has 2 unspecified atom stereocenters. The first-order valence-corrected chi connectivity index (χ1v) is 12.3. The molecule has 1 N–H and O–H groups in total. The Labute approximate surface area is 197 Å². The van der Waals surface area contributed by atoms with E-state index in [-0.39, 0.29) is 26.9 Å². The van der Waals surface area contributed by atoms with Crippen LogP contribution in [0.5, 0.6) is 0 Å². The Hall–Kier alpha value is -0.970. The van der Waals surface area contributed by atoms with Crippen molar-refractivity contribution in [2.75, 3.05) is 31.8 Å². The van der Waals surface area contributed by atoms with Crippen molar-refractivity contribution in [1.82, 2.24) is 0 Å². The minimum Gasteiger partial charge on any atom is -1.00 e. The van der Waals surface area contributed by atoms with Crippen molar-refractivity contribution in [1.29, 1.82) is 0 Å². The summed E-state index contributed by atoms with van der Waals surface area (Å²) in [6.07, 6.45) is 0.820. The van der Waals surface area contributed by atoms with Gasteiger partial charge in [-0.1, -0.05) is 58.2 Å². The molecule has 1 saturated heterocycles. The highest BCUT2D eigenvalue weighted by Crippen LogP contribution is 2.45. The van der Waals surface area contributed by atoms with E-state index in [4.69, 9.17) is 11.6 Å². The molecule has 0 bridgehead atoms. The molecule has 0 radical (unpaired) electrons. The van der Waals surface area contributed by atoms with Crippen molar-refractivity contribution in [2.45, 2.75) is 24.0 Å². The van der Waals surface area contributed by atoms with Crippen molar-refractivity contribution in [3.63, 3.8) is 0 Å². The quantitative estimate of drug-likeness (QED) is 0.425. The molecular formula is C20H25BrClN3O3S2. The molecule has 0 amide bonds. The number of sulfonamides is 1. The highest BCUT2D eigenvalue weighted by molar-refractivity contribution is 7.99. The van der Waals surface area contributed by atoms with Gasteiger partial charge in [-0.2, -0.15) is 13.5 Å². The Kier molecular flexibility index (Phi) is 8.51. The average molecular weight is 535 g/mol. The second-order valence-corrected chi connectivity index (χ2v) is 10.0. The number of hydrogen-bond donors (Lipinski definition) is 1. The molecule has 1 heterocycles. The minimum absolute atomic E-state index is 0. The molecule has 0 saturated carbocycles. The molecule has 2 atom stereocenters. The smallest absolute Gasteiger partial charge is 0.300 e. The third kappa shape index (κ3) is 4.76. The van der Waals surface area contributed by atoms with Crippen LogP contribution in [0.25, 0.3) is 0 Å². The number of benzene rings is 2. The van der Waals surface area contributed by atoms with Crippen LogP contribution in [0.1, 0.15) is 18.1 Å². The fourth-order valence-corrected chi connectivity index (χ4v) is 6.81. The first-order chi connectivity index (χ1) is 13.8. The van der Waals surface area contributed by atoms with E-state index >= 15 is 0 Å². The van der Waals surface area contributed by atoms with Gasteiger partial charge in [0.25, 0.3) is 0 Å². The van der Waals surface area contributed by atoms with Gasteiger partial charge in [0.1, 0.15) is 10.8 Å². The summed E-state index contributed by atoms with van der Waals surface area (Å²) < 4.78 is 28.6. The predicted molar refractivity (Wildman–Crippen MR) is 116 cm³/mol. The maximum absolute atomic E-state index is 12.4. The van der Waals surface area contributed by atoms with E-state index in [1.165, 1.54) is 24.7 Å².